The number of hydrogen-bond donors (Lipinski definition) is 1. The SMILES string of the molecule is Cc1cc(C)c(OCCN2CCN(C)C2=O)c(C)c1/C=[N+](\O)c1ccccc1. The fourth-order valence-electron chi connectivity index (χ4n) is 3.55. The summed E-state index contributed by atoms with van der Waals surface area (Å²) in [6.45, 7) is 8.52. The van der Waals surface area contributed by atoms with Crippen LogP contribution in [0.2, 0.25) is 0 Å². The molecule has 28 heavy (non-hydrogen) atoms. The van der Waals surface area contributed by atoms with Crippen molar-refractivity contribution < 1.29 is 19.5 Å². The maximum atomic E-state index is 12.0. The number of hydrogen-bond acceptors (Lipinski definition) is 3. The molecule has 0 bridgehead atoms. The largest absolute Gasteiger partial charge is 0.491 e. The lowest BCUT2D eigenvalue weighted by Gasteiger charge is -2.19. The summed E-state index contributed by atoms with van der Waals surface area (Å²) in [6.07, 6.45) is 1.71. The van der Waals surface area contributed by atoms with Crippen LogP contribution in [0.3, 0.4) is 0 Å². The summed E-state index contributed by atoms with van der Waals surface area (Å²) < 4.78 is 7.20. The van der Waals surface area contributed by atoms with Gasteiger partial charge < -0.3 is 14.5 Å². The van der Waals surface area contributed by atoms with Gasteiger partial charge in [-0.25, -0.2) is 4.79 Å². The zero-order chi connectivity index (χ0) is 20.3. The summed E-state index contributed by atoms with van der Waals surface area (Å²) in [7, 11) is 1.81. The summed E-state index contributed by atoms with van der Waals surface area (Å²) in [6, 6.07) is 11.5. The van der Waals surface area contributed by atoms with Crippen LogP contribution in [-0.2, 0) is 0 Å². The quantitative estimate of drug-likeness (QED) is 0.360. The Kier molecular flexibility index (Phi) is 5.87. The highest BCUT2D eigenvalue weighted by molar-refractivity contribution is 5.82. The monoisotopic (exact) mass is 382 g/mol. The van der Waals surface area contributed by atoms with Crippen LogP contribution in [0.25, 0.3) is 0 Å². The Balaban J connectivity index is 1.79. The van der Waals surface area contributed by atoms with Gasteiger partial charge in [0.1, 0.15) is 12.4 Å². The topological polar surface area (TPSA) is 56.0 Å². The molecule has 2 amide bonds. The van der Waals surface area contributed by atoms with Crippen molar-refractivity contribution in [2.45, 2.75) is 20.8 Å². The lowest BCUT2D eigenvalue weighted by molar-refractivity contribution is -0.709. The van der Waals surface area contributed by atoms with Crippen LogP contribution in [0.5, 0.6) is 5.75 Å². The van der Waals surface area contributed by atoms with Crippen LogP contribution < -0.4 is 4.74 Å². The number of amides is 2. The highest BCUT2D eigenvalue weighted by atomic mass is 16.5. The van der Waals surface area contributed by atoms with Crippen LogP contribution in [0.15, 0.2) is 36.4 Å². The van der Waals surface area contributed by atoms with Crippen molar-refractivity contribution in [1.82, 2.24) is 9.80 Å². The molecule has 1 heterocycles. The summed E-state index contributed by atoms with van der Waals surface area (Å²) in [5.74, 6) is 0.804. The second kappa shape index (κ2) is 8.33. The van der Waals surface area contributed by atoms with Crippen molar-refractivity contribution in [3.8, 4) is 5.75 Å². The Bertz CT molecular complexity index is 894. The number of urea groups is 1. The minimum Gasteiger partial charge on any atom is -0.491 e. The number of nitrogens with zero attached hydrogens (tertiary/aromatic N) is 3. The van der Waals surface area contributed by atoms with Gasteiger partial charge in [0, 0.05) is 42.6 Å². The molecule has 3 rings (SSSR count). The molecule has 0 aliphatic carbocycles. The molecule has 1 aliphatic rings. The van der Waals surface area contributed by atoms with E-state index in [1.807, 2.05) is 58.2 Å². The predicted octanol–water partition coefficient (Wildman–Crippen LogP) is 3.51. The molecule has 0 atom stereocenters. The Morgan fingerprint density at radius 3 is 2.50 bits per heavy atom. The van der Waals surface area contributed by atoms with E-state index < -0.39 is 0 Å². The fourth-order valence-corrected chi connectivity index (χ4v) is 3.55. The number of benzene rings is 2. The van der Waals surface area contributed by atoms with Crippen molar-refractivity contribution in [2.75, 3.05) is 33.3 Å². The van der Waals surface area contributed by atoms with Crippen LogP contribution in [-0.4, -0.2) is 65.3 Å². The van der Waals surface area contributed by atoms with Crippen molar-refractivity contribution >= 4 is 17.9 Å². The third-order valence-corrected chi connectivity index (χ3v) is 5.14. The van der Waals surface area contributed by atoms with Gasteiger partial charge in [-0.3, -0.25) is 5.21 Å². The molecule has 1 aliphatic heterocycles. The van der Waals surface area contributed by atoms with Crippen molar-refractivity contribution in [1.29, 1.82) is 0 Å². The van der Waals surface area contributed by atoms with Gasteiger partial charge in [-0.2, -0.15) is 0 Å². The molecule has 0 saturated carbocycles. The third kappa shape index (κ3) is 4.11. The number of carbonyl (C=O) groups is 1. The molecule has 1 fully saturated rings. The fraction of sp³-hybridized carbons (Fsp3) is 0.364. The van der Waals surface area contributed by atoms with Crippen LogP contribution >= 0.6 is 0 Å². The van der Waals surface area contributed by atoms with Gasteiger partial charge in [0.05, 0.1) is 12.1 Å². The van der Waals surface area contributed by atoms with Gasteiger partial charge in [0.15, 0.2) is 0 Å². The third-order valence-electron chi connectivity index (χ3n) is 5.14. The van der Waals surface area contributed by atoms with Crippen molar-refractivity contribution in [2.24, 2.45) is 0 Å². The molecule has 0 spiro atoms. The van der Waals surface area contributed by atoms with E-state index in [0.29, 0.717) is 18.8 Å². The van der Waals surface area contributed by atoms with Crippen LogP contribution in [0, 0.1) is 20.8 Å². The molecule has 2 aromatic carbocycles. The Morgan fingerprint density at radius 2 is 1.86 bits per heavy atom. The first kappa shape index (κ1) is 19.7. The first-order valence-electron chi connectivity index (χ1n) is 9.50. The first-order chi connectivity index (χ1) is 13.4. The lowest BCUT2D eigenvalue weighted by Crippen LogP contribution is -2.32. The summed E-state index contributed by atoms with van der Waals surface area (Å²) in [5, 5.41) is 10.4. The maximum absolute atomic E-state index is 12.0. The van der Waals surface area contributed by atoms with Gasteiger partial charge in [-0.1, -0.05) is 24.3 Å². The molecule has 6 nitrogen and oxygen atoms in total. The summed E-state index contributed by atoms with van der Waals surface area (Å²) >= 11 is 0. The van der Waals surface area contributed by atoms with Gasteiger partial charge in [-0.05, 0) is 31.9 Å². The number of rotatable bonds is 6. The number of aryl methyl sites for hydroxylation is 2. The standard InChI is InChI=1S/C22H28N3O3/c1-16-14-17(2)21(28-13-12-24-11-10-23(4)22(24)26)18(3)20(16)15-25(27)19-8-6-5-7-9-19/h5-9,14-15,27H,10-13H2,1-4H3/q+1/b25-15-. The molecule has 0 aromatic heterocycles. The molecule has 1 N–H and O–H groups in total. The van der Waals surface area contributed by atoms with E-state index in [0.717, 1.165) is 45.8 Å². The number of likely N-dealkylation sites (N-methyl/N-ethyl adjacent to an activating group) is 1. The second-order valence-electron chi connectivity index (χ2n) is 7.23. The molecule has 1 saturated heterocycles. The molecular weight excluding hydrogens is 354 g/mol. The predicted molar refractivity (Wildman–Crippen MR) is 109 cm³/mol. The number of ether oxygens (including phenoxy) is 1. The second-order valence-corrected chi connectivity index (χ2v) is 7.23. The van der Waals surface area contributed by atoms with Gasteiger partial charge in [0.25, 0.3) is 5.69 Å². The van der Waals surface area contributed by atoms with Crippen molar-refractivity contribution in [3.05, 3.63) is 58.7 Å². The molecule has 148 valence electrons. The highest BCUT2D eigenvalue weighted by Gasteiger charge is 2.25. The van der Waals surface area contributed by atoms with Crippen LogP contribution in [0.4, 0.5) is 10.5 Å². The highest BCUT2D eigenvalue weighted by Crippen LogP contribution is 2.28. The van der Waals surface area contributed by atoms with Gasteiger partial charge in [0.2, 0.25) is 6.21 Å². The molecule has 6 heteroatoms. The first-order valence-corrected chi connectivity index (χ1v) is 9.50. The van der Waals surface area contributed by atoms with E-state index in [2.05, 4.69) is 6.07 Å². The molecule has 0 unspecified atom stereocenters. The number of carbonyl (C=O) groups excluding carboxylic acids is 1. The smallest absolute Gasteiger partial charge is 0.319 e. The van der Waals surface area contributed by atoms with Gasteiger partial charge in [-0.15, -0.1) is 0 Å². The van der Waals surface area contributed by atoms with Gasteiger partial charge >= 0.3 is 6.03 Å². The zero-order valence-electron chi connectivity index (χ0n) is 17.0. The Labute approximate surface area is 166 Å². The average molecular weight is 382 g/mol. The Morgan fingerprint density at radius 1 is 1.14 bits per heavy atom. The number of para-hydroxylation sites is 1. The maximum Gasteiger partial charge on any atom is 0.319 e. The van der Waals surface area contributed by atoms with E-state index in [1.54, 1.807) is 16.0 Å². The minimum atomic E-state index is 0.0498. The molecule has 0 radical (unpaired) electrons. The lowest BCUT2D eigenvalue weighted by atomic mass is 9.99. The van der Waals surface area contributed by atoms with E-state index in [9.17, 15) is 10.0 Å². The summed E-state index contributed by atoms with van der Waals surface area (Å²) in [5.41, 5.74) is 4.69. The van der Waals surface area contributed by atoms with E-state index in [-0.39, 0.29) is 6.03 Å². The minimum absolute atomic E-state index is 0.0498. The molecular formula is C22H28N3O3+. The van der Waals surface area contributed by atoms with E-state index >= 15 is 0 Å². The van der Waals surface area contributed by atoms with Crippen LogP contribution in [0.1, 0.15) is 22.3 Å². The summed E-state index contributed by atoms with van der Waals surface area (Å²) in [4.78, 5) is 15.5. The molecule has 2 aromatic rings. The zero-order valence-corrected chi connectivity index (χ0v) is 17.0. The van der Waals surface area contributed by atoms with E-state index in [1.165, 1.54) is 0 Å². The van der Waals surface area contributed by atoms with Crippen molar-refractivity contribution in [3.63, 3.8) is 0 Å². The normalized spacial score (nSPS) is 14.7. The van der Waals surface area contributed by atoms with E-state index in [4.69, 9.17) is 4.74 Å². The average Bonchev–Trinajstić information content (AvgIpc) is 3.00. The Hall–Kier alpha value is -3.02.